The fourth-order valence-corrected chi connectivity index (χ4v) is 12.1. The summed E-state index contributed by atoms with van der Waals surface area (Å²) in [6, 6.07) is 107. The van der Waals surface area contributed by atoms with Gasteiger partial charge in [-0.15, -0.1) is 0 Å². The van der Waals surface area contributed by atoms with E-state index in [1.807, 2.05) is 0 Å². The lowest BCUT2D eigenvalue weighted by molar-refractivity contribution is 1.18. The van der Waals surface area contributed by atoms with Crippen molar-refractivity contribution < 1.29 is 0 Å². The Bertz CT molecular complexity index is 4270. The predicted octanol–water partition coefficient (Wildman–Crippen LogP) is 20.2. The van der Waals surface area contributed by atoms with Crippen LogP contribution >= 0.6 is 0 Å². The first-order chi connectivity index (χ1) is 37.7. The second-order valence-corrected chi connectivity index (χ2v) is 20.0. The maximum absolute atomic E-state index is 2.44. The zero-order valence-electron chi connectivity index (χ0n) is 41.6. The zero-order chi connectivity index (χ0) is 50.1. The van der Waals surface area contributed by atoms with Crippen LogP contribution in [0.5, 0.6) is 0 Å². The molecule has 76 heavy (non-hydrogen) atoms. The molecule has 0 N–H and O–H groups in total. The van der Waals surface area contributed by atoms with Gasteiger partial charge in [-0.3, -0.25) is 0 Å². The molecule has 2 heteroatoms. The van der Waals surface area contributed by atoms with E-state index in [-0.39, 0.29) is 0 Å². The summed E-state index contributed by atoms with van der Waals surface area (Å²) in [5, 5.41) is 9.92. The molecule has 0 spiro atoms. The van der Waals surface area contributed by atoms with Crippen LogP contribution in [-0.2, 0) is 0 Å². The van der Waals surface area contributed by atoms with Gasteiger partial charge in [-0.2, -0.15) is 0 Å². The molecule has 15 aromatic rings. The first-order valence-electron chi connectivity index (χ1n) is 26.2. The van der Waals surface area contributed by atoms with E-state index >= 15 is 0 Å². The number of nitrogens with zero attached hydrogens (tertiary/aromatic N) is 2. The molecule has 0 atom stereocenters. The van der Waals surface area contributed by atoms with Crippen LogP contribution in [0.1, 0.15) is 0 Å². The summed E-state index contributed by atoms with van der Waals surface area (Å²) in [7, 11) is 0. The Morgan fingerprint density at radius 2 is 0.408 bits per heavy atom. The largest absolute Gasteiger partial charge is 0.309 e. The Kier molecular flexibility index (Phi) is 10.2. The van der Waals surface area contributed by atoms with Gasteiger partial charge in [0.15, 0.2) is 0 Å². The molecule has 0 radical (unpaired) electrons. The Morgan fingerprint density at radius 3 is 0.750 bits per heavy atom. The number of fused-ring (bicyclic) bond motifs is 8. The van der Waals surface area contributed by atoms with Gasteiger partial charge in [0, 0.05) is 32.9 Å². The number of hydrogen-bond donors (Lipinski definition) is 0. The molecule has 0 aliphatic carbocycles. The summed E-state index contributed by atoms with van der Waals surface area (Å²) in [4.78, 5) is 0. The average molecular weight is 965 g/mol. The summed E-state index contributed by atoms with van der Waals surface area (Å²) < 4.78 is 4.78. The van der Waals surface area contributed by atoms with Crippen molar-refractivity contribution in [2.45, 2.75) is 0 Å². The van der Waals surface area contributed by atoms with E-state index in [0.717, 1.165) is 11.4 Å². The molecule has 0 unspecified atom stereocenters. The molecule has 13 aromatic carbocycles. The second kappa shape index (κ2) is 17.9. The SMILES string of the molecule is c1ccc(-c2ccc(-c3c4ccc(-c5ccc(-n6c7ccccc7c7ccccc76)cc5)cc4c(-c4ccc(-c5ccccc5)cc4)c4ccc(-c5ccc(-n6c7ccccc7c7ccccc76)cc5)cc34)cc2)cc1. The first kappa shape index (κ1) is 43.6. The van der Waals surface area contributed by atoms with Crippen molar-refractivity contribution in [3.8, 4) is 78.1 Å². The van der Waals surface area contributed by atoms with Crippen molar-refractivity contribution in [2.75, 3.05) is 0 Å². The van der Waals surface area contributed by atoms with Gasteiger partial charge < -0.3 is 9.13 Å². The minimum atomic E-state index is 1.14. The van der Waals surface area contributed by atoms with Crippen LogP contribution in [0.4, 0.5) is 0 Å². The summed E-state index contributed by atoms with van der Waals surface area (Å²) in [6.07, 6.45) is 0. The van der Waals surface area contributed by atoms with Crippen molar-refractivity contribution in [1.29, 1.82) is 0 Å². The van der Waals surface area contributed by atoms with Crippen LogP contribution in [0.15, 0.2) is 291 Å². The fourth-order valence-electron chi connectivity index (χ4n) is 12.1. The lowest BCUT2D eigenvalue weighted by Crippen LogP contribution is -1.95. The van der Waals surface area contributed by atoms with E-state index in [2.05, 4.69) is 300 Å². The Hall–Kier alpha value is -10.0. The number of hydrogen-bond acceptors (Lipinski definition) is 0. The number of benzene rings is 13. The van der Waals surface area contributed by atoms with E-state index in [9.17, 15) is 0 Å². The zero-order valence-corrected chi connectivity index (χ0v) is 41.6. The third-order valence-electron chi connectivity index (χ3n) is 15.8. The third kappa shape index (κ3) is 7.18. The van der Waals surface area contributed by atoms with Crippen LogP contribution in [0.3, 0.4) is 0 Å². The molecule has 2 nitrogen and oxygen atoms in total. The Balaban J connectivity index is 0.925. The number of rotatable bonds is 8. The quantitative estimate of drug-likeness (QED) is 0.134. The van der Waals surface area contributed by atoms with Gasteiger partial charge in [0.2, 0.25) is 0 Å². The van der Waals surface area contributed by atoms with Crippen LogP contribution in [-0.4, -0.2) is 9.13 Å². The van der Waals surface area contributed by atoms with Crippen molar-refractivity contribution in [2.24, 2.45) is 0 Å². The van der Waals surface area contributed by atoms with Gasteiger partial charge in [-0.1, -0.05) is 231 Å². The highest BCUT2D eigenvalue weighted by molar-refractivity contribution is 6.23. The minimum absolute atomic E-state index is 1.14. The molecule has 0 amide bonds. The summed E-state index contributed by atoms with van der Waals surface area (Å²) in [5.74, 6) is 0. The molecule has 0 aliphatic heterocycles. The number of aromatic nitrogens is 2. The highest BCUT2D eigenvalue weighted by atomic mass is 15.0. The van der Waals surface area contributed by atoms with Gasteiger partial charge in [0.1, 0.15) is 0 Å². The maximum atomic E-state index is 2.44. The monoisotopic (exact) mass is 964 g/mol. The first-order valence-corrected chi connectivity index (χ1v) is 26.2. The van der Waals surface area contributed by atoms with Crippen molar-refractivity contribution in [3.05, 3.63) is 291 Å². The lowest BCUT2D eigenvalue weighted by Gasteiger charge is -2.20. The van der Waals surface area contributed by atoms with Gasteiger partial charge >= 0.3 is 0 Å². The van der Waals surface area contributed by atoms with Gasteiger partial charge in [0.25, 0.3) is 0 Å². The van der Waals surface area contributed by atoms with E-state index in [1.165, 1.54) is 132 Å². The van der Waals surface area contributed by atoms with Crippen molar-refractivity contribution >= 4 is 65.2 Å². The van der Waals surface area contributed by atoms with Gasteiger partial charge in [0.05, 0.1) is 22.1 Å². The molecule has 0 aliphatic rings. The van der Waals surface area contributed by atoms with Crippen LogP contribution in [0, 0.1) is 0 Å². The molecule has 0 saturated carbocycles. The van der Waals surface area contributed by atoms with Crippen LogP contribution < -0.4 is 0 Å². The predicted molar refractivity (Wildman–Crippen MR) is 323 cm³/mol. The summed E-state index contributed by atoms with van der Waals surface area (Å²) in [5.41, 5.74) is 21.4. The molecular weight excluding hydrogens is 917 g/mol. The van der Waals surface area contributed by atoms with E-state index in [4.69, 9.17) is 0 Å². The van der Waals surface area contributed by atoms with Crippen molar-refractivity contribution in [1.82, 2.24) is 9.13 Å². The van der Waals surface area contributed by atoms with Crippen LogP contribution in [0.25, 0.3) is 143 Å². The molecule has 354 valence electrons. The lowest BCUT2D eigenvalue weighted by atomic mass is 9.83. The van der Waals surface area contributed by atoms with Gasteiger partial charge in [-0.25, -0.2) is 0 Å². The van der Waals surface area contributed by atoms with E-state index < -0.39 is 0 Å². The highest BCUT2D eigenvalue weighted by Crippen LogP contribution is 2.47. The standard InChI is InChI=1S/C74H48N2/c1-3-15-49(16-4-1)51-27-31-55(32-28-51)73-65-45-39-58(54-37-43-60(44-38-54)76-71-25-13-9-21-63(71)64-22-10-14-26-72(64)76)48-68(65)74(56-33-29-52(30-34-56)50-17-5-2-6-18-50)66-46-40-57(47-67(66)73)53-35-41-59(42-36-53)75-69-23-11-7-19-61(69)62-20-8-12-24-70(62)75/h1-48H. The van der Waals surface area contributed by atoms with E-state index in [1.54, 1.807) is 0 Å². The topological polar surface area (TPSA) is 9.86 Å². The molecule has 15 rings (SSSR count). The molecule has 0 saturated heterocycles. The van der Waals surface area contributed by atoms with E-state index in [0.29, 0.717) is 0 Å². The fraction of sp³-hybridized carbons (Fsp3) is 0. The molecule has 0 bridgehead atoms. The normalized spacial score (nSPS) is 11.7. The average Bonchev–Trinajstić information content (AvgIpc) is 4.05. The number of para-hydroxylation sites is 4. The molecule has 2 heterocycles. The maximum Gasteiger partial charge on any atom is 0.0541 e. The van der Waals surface area contributed by atoms with Gasteiger partial charge in [-0.05, 0) is 149 Å². The molecule has 0 fully saturated rings. The highest BCUT2D eigenvalue weighted by Gasteiger charge is 2.20. The molecule has 2 aromatic heterocycles. The summed E-state index contributed by atoms with van der Waals surface area (Å²) >= 11 is 0. The van der Waals surface area contributed by atoms with Crippen molar-refractivity contribution in [3.63, 3.8) is 0 Å². The third-order valence-corrected chi connectivity index (χ3v) is 15.8. The molecular formula is C74H48N2. The Labute approximate surface area is 441 Å². The Morgan fingerprint density at radius 1 is 0.158 bits per heavy atom. The minimum Gasteiger partial charge on any atom is -0.309 e. The smallest absolute Gasteiger partial charge is 0.0541 e. The van der Waals surface area contributed by atoms with Crippen LogP contribution in [0.2, 0.25) is 0 Å². The second-order valence-electron chi connectivity index (χ2n) is 20.0. The summed E-state index contributed by atoms with van der Waals surface area (Å²) in [6.45, 7) is 0.